The van der Waals surface area contributed by atoms with E-state index in [1.165, 1.54) is 7.11 Å². The van der Waals surface area contributed by atoms with E-state index in [0.717, 1.165) is 17.9 Å². The van der Waals surface area contributed by atoms with Crippen LogP contribution >= 0.6 is 0 Å². The van der Waals surface area contributed by atoms with Crippen molar-refractivity contribution in [2.24, 2.45) is 10.8 Å². The summed E-state index contributed by atoms with van der Waals surface area (Å²) >= 11 is 0. The highest BCUT2D eigenvalue weighted by molar-refractivity contribution is 6.09. The number of amides is 2. The van der Waals surface area contributed by atoms with Gasteiger partial charge in [0.15, 0.2) is 0 Å². The number of imide groups is 1. The first-order valence-corrected chi connectivity index (χ1v) is 5.56. The van der Waals surface area contributed by atoms with Crippen LogP contribution in [0.5, 0.6) is 0 Å². The van der Waals surface area contributed by atoms with Gasteiger partial charge in [0, 0.05) is 0 Å². The normalized spacial score (nSPS) is 50.3. The molecule has 0 aromatic heterocycles. The van der Waals surface area contributed by atoms with E-state index < -0.39 is 10.8 Å². The number of rotatable bonds is 1. The number of hydrogen-bond donors (Lipinski definition) is 0. The van der Waals surface area contributed by atoms with Gasteiger partial charge in [0.1, 0.15) is 0 Å². The van der Waals surface area contributed by atoms with Gasteiger partial charge in [-0.1, -0.05) is 0 Å². The molecule has 5 nitrogen and oxygen atoms in total. The molecule has 3 rings (SSSR count). The second-order valence-corrected chi connectivity index (χ2v) is 5.18. The van der Waals surface area contributed by atoms with E-state index in [4.69, 9.17) is 9.57 Å². The quantitative estimate of drug-likeness (QED) is 0.609. The SMILES string of the molecule is CON1C(=O)C2(C)C3CCC(O3)C2(C)C1=O. The van der Waals surface area contributed by atoms with Gasteiger partial charge in [0.25, 0.3) is 11.8 Å². The lowest BCUT2D eigenvalue weighted by Gasteiger charge is -2.36. The predicted octanol–water partition coefficient (Wildman–Crippen LogP) is 0.490. The first kappa shape index (κ1) is 10.2. The van der Waals surface area contributed by atoms with Gasteiger partial charge >= 0.3 is 0 Å². The van der Waals surface area contributed by atoms with Gasteiger partial charge in [0.05, 0.1) is 30.1 Å². The number of hydroxylamine groups is 2. The molecule has 16 heavy (non-hydrogen) atoms. The Morgan fingerprint density at radius 1 is 1.19 bits per heavy atom. The molecule has 5 heteroatoms. The van der Waals surface area contributed by atoms with E-state index in [2.05, 4.69) is 0 Å². The van der Waals surface area contributed by atoms with Crippen molar-refractivity contribution in [3.05, 3.63) is 0 Å². The average Bonchev–Trinajstić information content (AvgIpc) is 2.86. The highest BCUT2D eigenvalue weighted by Crippen LogP contribution is 2.64. The van der Waals surface area contributed by atoms with Crippen LogP contribution in [0.25, 0.3) is 0 Å². The minimum absolute atomic E-state index is 0.140. The highest BCUT2D eigenvalue weighted by Gasteiger charge is 2.77. The third-order valence-electron chi connectivity index (χ3n) is 4.83. The van der Waals surface area contributed by atoms with Gasteiger partial charge in [0.2, 0.25) is 0 Å². The third-order valence-corrected chi connectivity index (χ3v) is 4.83. The van der Waals surface area contributed by atoms with E-state index >= 15 is 0 Å². The largest absolute Gasteiger partial charge is 0.373 e. The summed E-state index contributed by atoms with van der Waals surface area (Å²) in [5.41, 5.74) is -1.49. The third kappa shape index (κ3) is 0.729. The molecular formula is C11H15NO4. The van der Waals surface area contributed by atoms with Crippen molar-refractivity contribution in [2.45, 2.75) is 38.9 Å². The zero-order valence-corrected chi connectivity index (χ0v) is 9.65. The van der Waals surface area contributed by atoms with Gasteiger partial charge in [-0.3, -0.25) is 14.4 Å². The fraction of sp³-hybridized carbons (Fsp3) is 0.818. The molecule has 0 aromatic carbocycles. The van der Waals surface area contributed by atoms with Crippen molar-refractivity contribution >= 4 is 11.8 Å². The average molecular weight is 225 g/mol. The molecule has 3 saturated heterocycles. The second-order valence-electron chi connectivity index (χ2n) is 5.18. The Kier molecular flexibility index (Phi) is 1.70. The molecule has 0 spiro atoms. The number of carbonyl (C=O) groups excluding carboxylic acids is 2. The molecule has 4 unspecified atom stereocenters. The molecule has 0 aliphatic carbocycles. The van der Waals surface area contributed by atoms with Gasteiger partial charge in [-0.05, 0) is 26.7 Å². The van der Waals surface area contributed by atoms with Gasteiger partial charge in [-0.25, -0.2) is 0 Å². The predicted molar refractivity (Wildman–Crippen MR) is 53.0 cm³/mol. The van der Waals surface area contributed by atoms with Crippen molar-refractivity contribution in [3.8, 4) is 0 Å². The summed E-state index contributed by atoms with van der Waals surface area (Å²) in [5, 5.41) is 0.911. The summed E-state index contributed by atoms with van der Waals surface area (Å²) in [5.74, 6) is -0.510. The molecule has 0 N–H and O–H groups in total. The maximum atomic E-state index is 12.2. The molecule has 88 valence electrons. The van der Waals surface area contributed by atoms with Crippen LogP contribution in [-0.4, -0.2) is 36.2 Å². The lowest BCUT2D eigenvalue weighted by atomic mass is 9.59. The van der Waals surface area contributed by atoms with Crippen LogP contribution in [0.4, 0.5) is 0 Å². The van der Waals surface area contributed by atoms with Gasteiger partial charge in [-0.15, -0.1) is 0 Å². The summed E-state index contributed by atoms with van der Waals surface area (Å²) in [6.45, 7) is 3.66. The summed E-state index contributed by atoms with van der Waals surface area (Å²) in [7, 11) is 1.35. The molecule has 0 saturated carbocycles. The van der Waals surface area contributed by atoms with Crippen LogP contribution in [0.3, 0.4) is 0 Å². The Balaban J connectivity index is 2.17. The lowest BCUT2D eigenvalue weighted by Crippen LogP contribution is -2.48. The lowest BCUT2D eigenvalue weighted by molar-refractivity contribution is -0.186. The minimum atomic E-state index is -0.747. The highest BCUT2D eigenvalue weighted by atomic mass is 16.7. The van der Waals surface area contributed by atoms with E-state index in [1.807, 2.05) is 13.8 Å². The van der Waals surface area contributed by atoms with Crippen molar-refractivity contribution < 1.29 is 19.2 Å². The van der Waals surface area contributed by atoms with Crippen molar-refractivity contribution in [1.82, 2.24) is 5.06 Å². The molecule has 3 heterocycles. The maximum Gasteiger partial charge on any atom is 0.263 e. The summed E-state index contributed by atoms with van der Waals surface area (Å²) in [4.78, 5) is 29.4. The van der Waals surface area contributed by atoms with Crippen LogP contribution in [0.2, 0.25) is 0 Å². The Morgan fingerprint density at radius 2 is 1.62 bits per heavy atom. The second kappa shape index (κ2) is 2.65. The molecule has 2 bridgehead atoms. The maximum absolute atomic E-state index is 12.2. The van der Waals surface area contributed by atoms with Crippen molar-refractivity contribution in [2.75, 3.05) is 7.11 Å². The van der Waals surface area contributed by atoms with Crippen LogP contribution in [0, 0.1) is 10.8 Å². The monoisotopic (exact) mass is 225 g/mol. The molecule has 3 fully saturated rings. The summed E-state index contributed by atoms with van der Waals surface area (Å²) < 4.78 is 5.76. The Bertz CT molecular complexity index is 361. The molecule has 0 aromatic rings. The topological polar surface area (TPSA) is 55.8 Å². The molecule has 3 aliphatic rings. The Morgan fingerprint density at radius 3 is 2.00 bits per heavy atom. The van der Waals surface area contributed by atoms with Gasteiger partial charge < -0.3 is 4.74 Å². The Labute approximate surface area is 93.6 Å². The molecule has 3 aliphatic heterocycles. The zero-order valence-electron chi connectivity index (χ0n) is 9.65. The standard InChI is InChI=1S/C11H15NO4/c1-10-6-4-5-7(16-6)11(10,2)9(14)12(15-3)8(10)13/h6-7H,4-5H2,1-3H3. The molecule has 2 amide bonds. The number of carbonyl (C=O) groups is 2. The zero-order chi connectivity index (χ0) is 11.7. The minimum Gasteiger partial charge on any atom is -0.373 e. The van der Waals surface area contributed by atoms with E-state index in [-0.39, 0.29) is 24.0 Å². The first-order valence-electron chi connectivity index (χ1n) is 5.56. The van der Waals surface area contributed by atoms with Crippen molar-refractivity contribution in [1.29, 1.82) is 0 Å². The summed E-state index contributed by atoms with van der Waals surface area (Å²) in [6.07, 6.45) is 1.43. The molecule has 4 atom stereocenters. The van der Waals surface area contributed by atoms with Crippen LogP contribution < -0.4 is 0 Å². The van der Waals surface area contributed by atoms with E-state index in [9.17, 15) is 9.59 Å². The van der Waals surface area contributed by atoms with E-state index in [1.54, 1.807) is 0 Å². The smallest absolute Gasteiger partial charge is 0.263 e. The molecular weight excluding hydrogens is 210 g/mol. The molecule has 0 radical (unpaired) electrons. The van der Waals surface area contributed by atoms with Crippen LogP contribution in [-0.2, 0) is 19.2 Å². The number of hydrogen-bond acceptors (Lipinski definition) is 4. The summed E-state index contributed by atoms with van der Waals surface area (Å²) in [6, 6.07) is 0. The van der Waals surface area contributed by atoms with E-state index in [0.29, 0.717) is 0 Å². The first-order chi connectivity index (χ1) is 7.47. The number of fused-ring (bicyclic) bond motifs is 5. The van der Waals surface area contributed by atoms with Crippen LogP contribution in [0.15, 0.2) is 0 Å². The fourth-order valence-electron chi connectivity index (χ4n) is 3.56. The Hall–Kier alpha value is -0.940. The van der Waals surface area contributed by atoms with Gasteiger partial charge in [-0.2, -0.15) is 5.06 Å². The fourth-order valence-corrected chi connectivity index (χ4v) is 3.56. The number of nitrogens with zero attached hydrogens (tertiary/aromatic N) is 1. The number of ether oxygens (including phenoxy) is 1. The van der Waals surface area contributed by atoms with Crippen molar-refractivity contribution in [3.63, 3.8) is 0 Å². The van der Waals surface area contributed by atoms with Crippen LogP contribution in [0.1, 0.15) is 26.7 Å².